The van der Waals surface area contributed by atoms with Gasteiger partial charge in [0.05, 0.1) is 12.0 Å². The third kappa shape index (κ3) is 4.40. The molecule has 2 aromatic carbocycles. The van der Waals surface area contributed by atoms with Gasteiger partial charge in [-0.15, -0.1) is 0 Å². The topological polar surface area (TPSA) is 90.7 Å². The van der Waals surface area contributed by atoms with E-state index in [1.165, 1.54) is 13.2 Å². The zero-order valence-electron chi connectivity index (χ0n) is 12.1. The van der Waals surface area contributed by atoms with Crippen LogP contribution in [0.1, 0.15) is 0 Å². The number of nitro benzene ring substituents is 1. The molecule has 2 aromatic rings. The van der Waals surface area contributed by atoms with E-state index in [-0.39, 0.29) is 12.3 Å². The van der Waals surface area contributed by atoms with E-state index in [4.69, 9.17) is 9.47 Å². The summed E-state index contributed by atoms with van der Waals surface area (Å²) >= 11 is 0. The summed E-state index contributed by atoms with van der Waals surface area (Å²) in [5, 5.41) is 13.0. The highest BCUT2D eigenvalue weighted by Crippen LogP contribution is 2.22. The van der Waals surface area contributed by atoms with E-state index in [0.717, 1.165) is 12.1 Å². The number of rotatable bonds is 6. The molecule has 0 atom stereocenters. The number of nitrogens with one attached hydrogen (secondary N) is 1. The molecule has 0 radical (unpaired) electrons. The first-order chi connectivity index (χ1) is 11.0. The van der Waals surface area contributed by atoms with Crippen LogP contribution in [0.25, 0.3) is 0 Å². The molecule has 2 rings (SSSR count). The Morgan fingerprint density at radius 3 is 2.70 bits per heavy atom. The Morgan fingerprint density at radius 1 is 1.26 bits per heavy atom. The molecule has 0 heterocycles. The Bertz CT molecular complexity index is 736. The van der Waals surface area contributed by atoms with E-state index in [1.54, 1.807) is 24.3 Å². The average Bonchev–Trinajstić information content (AvgIpc) is 2.54. The molecule has 0 saturated carbocycles. The van der Waals surface area contributed by atoms with Gasteiger partial charge >= 0.3 is 5.69 Å². The molecule has 0 fully saturated rings. The predicted octanol–water partition coefficient (Wildman–Crippen LogP) is 2.76. The van der Waals surface area contributed by atoms with E-state index in [1.807, 2.05) is 0 Å². The minimum absolute atomic E-state index is 0.109. The van der Waals surface area contributed by atoms with Gasteiger partial charge in [-0.3, -0.25) is 14.9 Å². The highest BCUT2D eigenvalue weighted by Gasteiger charge is 2.15. The van der Waals surface area contributed by atoms with Crippen molar-refractivity contribution < 1.29 is 23.6 Å². The molecule has 0 aromatic heterocycles. The Kier molecular flexibility index (Phi) is 5.08. The van der Waals surface area contributed by atoms with Crippen LogP contribution in [0, 0.1) is 15.9 Å². The van der Waals surface area contributed by atoms with Crippen molar-refractivity contribution in [1.82, 2.24) is 0 Å². The summed E-state index contributed by atoms with van der Waals surface area (Å²) in [4.78, 5) is 21.6. The number of hydrogen-bond acceptors (Lipinski definition) is 5. The van der Waals surface area contributed by atoms with Gasteiger partial charge in [-0.1, -0.05) is 6.07 Å². The maximum absolute atomic E-state index is 13.2. The van der Waals surface area contributed by atoms with Crippen molar-refractivity contribution in [2.45, 2.75) is 0 Å². The number of halogens is 1. The van der Waals surface area contributed by atoms with Gasteiger partial charge in [0.15, 0.2) is 6.61 Å². The molecule has 0 saturated heterocycles. The number of amides is 1. The Morgan fingerprint density at radius 2 is 2.00 bits per heavy atom. The largest absolute Gasteiger partial charge is 0.497 e. The molecule has 0 bridgehead atoms. The summed E-state index contributed by atoms with van der Waals surface area (Å²) in [6, 6.07) is 9.77. The molecule has 0 spiro atoms. The number of hydrogen-bond donors (Lipinski definition) is 1. The van der Waals surface area contributed by atoms with Crippen molar-refractivity contribution in [2.75, 3.05) is 19.0 Å². The molecule has 1 N–H and O–H groups in total. The van der Waals surface area contributed by atoms with Crippen LogP contribution in [0.3, 0.4) is 0 Å². The van der Waals surface area contributed by atoms with Crippen molar-refractivity contribution in [2.24, 2.45) is 0 Å². The third-order valence-electron chi connectivity index (χ3n) is 2.84. The molecule has 1 amide bonds. The summed E-state index contributed by atoms with van der Waals surface area (Å²) in [7, 11) is 1.51. The molecule has 0 unspecified atom stereocenters. The lowest BCUT2D eigenvalue weighted by Gasteiger charge is -2.08. The van der Waals surface area contributed by atoms with Crippen molar-refractivity contribution >= 4 is 17.3 Å². The van der Waals surface area contributed by atoms with Crippen molar-refractivity contribution in [3.05, 3.63) is 58.4 Å². The third-order valence-corrected chi connectivity index (χ3v) is 2.84. The van der Waals surface area contributed by atoms with Crippen LogP contribution in [-0.4, -0.2) is 24.5 Å². The lowest BCUT2D eigenvalue weighted by atomic mass is 10.2. The minimum atomic E-state index is -0.972. The first-order valence-electron chi connectivity index (χ1n) is 6.50. The molecule has 0 aliphatic carbocycles. The standard InChI is InChI=1S/C15H13FN2O5/c1-22-11-3-2-4-12(8-11)23-9-15(19)17-10-5-6-13(16)14(7-10)18(20)21/h2-8H,9H2,1H3,(H,17,19). The van der Waals surface area contributed by atoms with E-state index in [2.05, 4.69) is 5.32 Å². The first kappa shape index (κ1) is 16.2. The van der Waals surface area contributed by atoms with Crippen LogP contribution >= 0.6 is 0 Å². The van der Waals surface area contributed by atoms with E-state index < -0.39 is 22.3 Å². The molecule has 120 valence electrons. The number of benzene rings is 2. The highest BCUT2D eigenvalue weighted by atomic mass is 19.1. The molecule has 8 heteroatoms. The number of ether oxygens (including phenoxy) is 2. The zero-order valence-corrected chi connectivity index (χ0v) is 12.1. The monoisotopic (exact) mass is 320 g/mol. The number of nitrogens with zero attached hydrogens (tertiary/aromatic N) is 1. The number of carbonyl (C=O) groups excluding carboxylic acids is 1. The average molecular weight is 320 g/mol. The van der Waals surface area contributed by atoms with Crippen LogP contribution in [0.2, 0.25) is 0 Å². The summed E-state index contributed by atoms with van der Waals surface area (Å²) in [6.07, 6.45) is 0. The van der Waals surface area contributed by atoms with Gasteiger partial charge in [0.1, 0.15) is 11.5 Å². The van der Waals surface area contributed by atoms with Gasteiger partial charge in [0.25, 0.3) is 5.91 Å². The quantitative estimate of drug-likeness (QED) is 0.653. The van der Waals surface area contributed by atoms with Gasteiger partial charge in [-0.25, -0.2) is 0 Å². The van der Waals surface area contributed by atoms with Crippen LogP contribution in [0.4, 0.5) is 15.8 Å². The van der Waals surface area contributed by atoms with E-state index >= 15 is 0 Å². The van der Waals surface area contributed by atoms with Crippen LogP contribution in [0.15, 0.2) is 42.5 Å². The number of methoxy groups -OCH3 is 1. The van der Waals surface area contributed by atoms with Crippen molar-refractivity contribution in [1.29, 1.82) is 0 Å². The fourth-order valence-electron chi connectivity index (χ4n) is 1.77. The molecular weight excluding hydrogens is 307 g/mol. The first-order valence-corrected chi connectivity index (χ1v) is 6.50. The van der Waals surface area contributed by atoms with Crippen molar-refractivity contribution in [3.63, 3.8) is 0 Å². The maximum Gasteiger partial charge on any atom is 0.306 e. The van der Waals surface area contributed by atoms with E-state index in [9.17, 15) is 19.3 Å². The van der Waals surface area contributed by atoms with Gasteiger partial charge in [0.2, 0.25) is 5.82 Å². The highest BCUT2D eigenvalue weighted by molar-refractivity contribution is 5.92. The second-order valence-corrected chi connectivity index (χ2v) is 4.44. The second-order valence-electron chi connectivity index (χ2n) is 4.44. The summed E-state index contributed by atoms with van der Waals surface area (Å²) in [6.45, 7) is -0.307. The molecule has 7 nitrogen and oxygen atoms in total. The summed E-state index contributed by atoms with van der Waals surface area (Å²) in [5.74, 6) is -0.490. The SMILES string of the molecule is COc1cccc(OCC(=O)Nc2ccc(F)c([N+](=O)[O-])c2)c1. The van der Waals surface area contributed by atoms with Gasteiger partial charge in [-0.05, 0) is 24.3 Å². The summed E-state index contributed by atoms with van der Waals surface area (Å²) in [5.41, 5.74) is -0.603. The Labute approximate surface area is 130 Å². The zero-order chi connectivity index (χ0) is 16.8. The number of carbonyl (C=O) groups is 1. The van der Waals surface area contributed by atoms with Gasteiger partial charge in [-0.2, -0.15) is 4.39 Å². The lowest BCUT2D eigenvalue weighted by Crippen LogP contribution is -2.20. The van der Waals surface area contributed by atoms with E-state index in [0.29, 0.717) is 11.5 Å². The van der Waals surface area contributed by atoms with Crippen LogP contribution in [0.5, 0.6) is 11.5 Å². The maximum atomic E-state index is 13.2. The Hall–Kier alpha value is -3.16. The van der Waals surface area contributed by atoms with Crippen LogP contribution < -0.4 is 14.8 Å². The number of nitro groups is 1. The number of anilines is 1. The molecular formula is C15H13FN2O5. The van der Waals surface area contributed by atoms with Gasteiger partial charge in [0, 0.05) is 17.8 Å². The molecule has 0 aliphatic heterocycles. The Balaban J connectivity index is 1.97. The minimum Gasteiger partial charge on any atom is -0.497 e. The normalized spacial score (nSPS) is 10.0. The lowest BCUT2D eigenvalue weighted by molar-refractivity contribution is -0.387. The smallest absolute Gasteiger partial charge is 0.306 e. The fourth-order valence-corrected chi connectivity index (χ4v) is 1.77. The van der Waals surface area contributed by atoms with Gasteiger partial charge < -0.3 is 14.8 Å². The van der Waals surface area contributed by atoms with Crippen molar-refractivity contribution in [3.8, 4) is 11.5 Å². The second kappa shape index (κ2) is 7.21. The molecule has 0 aliphatic rings. The molecule has 23 heavy (non-hydrogen) atoms. The predicted molar refractivity (Wildman–Crippen MR) is 80.2 cm³/mol. The van der Waals surface area contributed by atoms with Crippen LogP contribution in [-0.2, 0) is 4.79 Å². The fraction of sp³-hybridized carbons (Fsp3) is 0.133. The summed E-state index contributed by atoms with van der Waals surface area (Å²) < 4.78 is 23.5.